The van der Waals surface area contributed by atoms with Crippen molar-refractivity contribution in [3.63, 3.8) is 0 Å². The minimum atomic E-state index is 0.544. The standard InChI is InChI=1S/C14H10N2O2S/c1-9-15-13(12-6-7-19-14(12)16-9)18-11-4-2-10(8-17)3-5-11/h2-8H,1H3. The highest BCUT2D eigenvalue weighted by Gasteiger charge is 2.09. The van der Waals surface area contributed by atoms with Crippen LogP contribution in [0.5, 0.6) is 11.6 Å². The SMILES string of the molecule is Cc1nc(Oc2ccc(C=O)cc2)c2ccsc2n1. The minimum absolute atomic E-state index is 0.544. The fraction of sp³-hybridized carbons (Fsp3) is 0.0714. The largest absolute Gasteiger partial charge is 0.438 e. The number of hydrogen-bond acceptors (Lipinski definition) is 5. The molecule has 0 N–H and O–H groups in total. The number of thiophene rings is 1. The highest BCUT2D eigenvalue weighted by molar-refractivity contribution is 7.16. The molecule has 3 aromatic rings. The molecule has 0 saturated heterocycles. The number of fused-ring (bicyclic) bond motifs is 1. The Morgan fingerprint density at radius 3 is 2.68 bits per heavy atom. The first-order valence-corrected chi connectivity index (χ1v) is 6.59. The molecule has 0 aliphatic heterocycles. The number of aromatic nitrogens is 2. The lowest BCUT2D eigenvalue weighted by molar-refractivity contribution is 0.112. The van der Waals surface area contributed by atoms with E-state index in [2.05, 4.69) is 9.97 Å². The van der Waals surface area contributed by atoms with Crippen LogP contribution in [0.25, 0.3) is 10.2 Å². The van der Waals surface area contributed by atoms with Crippen LogP contribution in [0, 0.1) is 6.92 Å². The van der Waals surface area contributed by atoms with Crippen molar-refractivity contribution in [1.82, 2.24) is 9.97 Å². The first-order chi connectivity index (χ1) is 9.26. The zero-order chi connectivity index (χ0) is 13.2. The Kier molecular flexibility index (Phi) is 2.97. The van der Waals surface area contributed by atoms with Crippen molar-refractivity contribution in [2.24, 2.45) is 0 Å². The summed E-state index contributed by atoms with van der Waals surface area (Å²) in [5.74, 6) is 1.87. The van der Waals surface area contributed by atoms with Crippen LogP contribution in [0.1, 0.15) is 16.2 Å². The van der Waals surface area contributed by atoms with Crippen LogP contribution in [0.4, 0.5) is 0 Å². The van der Waals surface area contributed by atoms with Gasteiger partial charge in [-0.15, -0.1) is 11.3 Å². The topological polar surface area (TPSA) is 52.1 Å². The summed E-state index contributed by atoms with van der Waals surface area (Å²) in [5.41, 5.74) is 0.617. The van der Waals surface area contributed by atoms with Crippen LogP contribution in [0.15, 0.2) is 35.7 Å². The third-order valence-corrected chi connectivity index (χ3v) is 3.44. The molecule has 2 aromatic heterocycles. The van der Waals surface area contributed by atoms with Gasteiger partial charge < -0.3 is 4.74 Å². The lowest BCUT2D eigenvalue weighted by Gasteiger charge is -2.06. The molecule has 19 heavy (non-hydrogen) atoms. The molecule has 0 spiro atoms. The second kappa shape index (κ2) is 4.78. The Balaban J connectivity index is 1.99. The van der Waals surface area contributed by atoms with Gasteiger partial charge in [0.25, 0.3) is 0 Å². The van der Waals surface area contributed by atoms with Crippen molar-refractivity contribution in [2.45, 2.75) is 6.92 Å². The maximum Gasteiger partial charge on any atom is 0.231 e. The molecule has 5 heteroatoms. The number of ether oxygens (including phenoxy) is 1. The van der Waals surface area contributed by atoms with Crippen LogP contribution in [0.3, 0.4) is 0 Å². The molecule has 0 amide bonds. The Morgan fingerprint density at radius 2 is 1.95 bits per heavy atom. The molecule has 0 aliphatic rings. The Morgan fingerprint density at radius 1 is 1.16 bits per heavy atom. The third kappa shape index (κ3) is 2.32. The van der Waals surface area contributed by atoms with Crippen molar-refractivity contribution in [2.75, 3.05) is 0 Å². The molecule has 94 valence electrons. The first-order valence-electron chi connectivity index (χ1n) is 5.71. The van der Waals surface area contributed by atoms with Gasteiger partial charge in [-0.3, -0.25) is 4.79 Å². The Labute approximate surface area is 113 Å². The van der Waals surface area contributed by atoms with Gasteiger partial charge in [-0.1, -0.05) is 0 Å². The van der Waals surface area contributed by atoms with E-state index in [0.29, 0.717) is 23.0 Å². The predicted octanol–water partition coefficient (Wildman–Crippen LogP) is 3.60. The van der Waals surface area contributed by atoms with Crippen molar-refractivity contribution >= 4 is 27.8 Å². The molecule has 0 atom stereocenters. The van der Waals surface area contributed by atoms with Gasteiger partial charge in [0, 0.05) is 5.56 Å². The Bertz CT molecular complexity index is 735. The molecular weight excluding hydrogens is 260 g/mol. The fourth-order valence-electron chi connectivity index (χ4n) is 1.73. The Hall–Kier alpha value is -2.27. The summed E-state index contributed by atoms with van der Waals surface area (Å²) in [6, 6.07) is 8.86. The van der Waals surface area contributed by atoms with Gasteiger partial charge in [0.15, 0.2) is 0 Å². The molecular formula is C14H10N2O2S. The van der Waals surface area contributed by atoms with Crippen molar-refractivity contribution in [3.05, 3.63) is 47.1 Å². The summed E-state index contributed by atoms with van der Waals surface area (Å²) in [7, 11) is 0. The second-order valence-corrected chi connectivity index (χ2v) is 4.90. The monoisotopic (exact) mass is 270 g/mol. The van der Waals surface area contributed by atoms with Gasteiger partial charge in [-0.05, 0) is 42.6 Å². The van der Waals surface area contributed by atoms with Crippen molar-refractivity contribution in [3.8, 4) is 11.6 Å². The van der Waals surface area contributed by atoms with Crippen LogP contribution < -0.4 is 4.74 Å². The average Bonchev–Trinajstić information content (AvgIpc) is 2.88. The molecule has 0 fully saturated rings. The van der Waals surface area contributed by atoms with E-state index in [1.54, 1.807) is 35.6 Å². The average molecular weight is 270 g/mol. The highest BCUT2D eigenvalue weighted by Crippen LogP contribution is 2.30. The van der Waals surface area contributed by atoms with E-state index in [4.69, 9.17) is 4.74 Å². The quantitative estimate of drug-likeness (QED) is 0.682. The van der Waals surface area contributed by atoms with Crippen molar-refractivity contribution in [1.29, 1.82) is 0 Å². The van der Waals surface area contributed by atoms with Crippen LogP contribution in [-0.2, 0) is 0 Å². The molecule has 0 radical (unpaired) electrons. The van der Waals surface area contributed by atoms with Gasteiger partial charge in [0.1, 0.15) is 22.7 Å². The number of aldehydes is 1. The first kappa shape index (κ1) is 11.8. The molecule has 3 rings (SSSR count). The summed E-state index contributed by atoms with van der Waals surface area (Å²) in [4.78, 5) is 20.2. The van der Waals surface area contributed by atoms with Gasteiger partial charge in [-0.2, -0.15) is 4.98 Å². The van der Waals surface area contributed by atoms with E-state index in [1.807, 2.05) is 18.4 Å². The minimum Gasteiger partial charge on any atom is -0.438 e. The molecule has 0 unspecified atom stereocenters. The van der Waals surface area contributed by atoms with Crippen LogP contribution in [0.2, 0.25) is 0 Å². The summed E-state index contributed by atoms with van der Waals surface area (Å²) in [5, 5.41) is 2.86. The van der Waals surface area contributed by atoms with Crippen LogP contribution in [-0.4, -0.2) is 16.3 Å². The predicted molar refractivity (Wildman–Crippen MR) is 74.1 cm³/mol. The van der Waals surface area contributed by atoms with Gasteiger partial charge in [0.05, 0.1) is 5.39 Å². The van der Waals surface area contributed by atoms with Gasteiger partial charge in [0.2, 0.25) is 5.88 Å². The number of hydrogen-bond donors (Lipinski definition) is 0. The molecule has 0 bridgehead atoms. The number of nitrogens with zero attached hydrogens (tertiary/aromatic N) is 2. The number of carbonyl (C=O) groups excluding carboxylic acids is 1. The van der Waals surface area contributed by atoms with E-state index < -0.39 is 0 Å². The molecule has 0 saturated carbocycles. The number of rotatable bonds is 3. The fourth-order valence-corrected chi connectivity index (χ4v) is 2.53. The normalized spacial score (nSPS) is 10.6. The zero-order valence-corrected chi connectivity index (χ0v) is 11.0. The molecule has 4 nitrogen and oxygen atoms in total. The number of aryl methyl sites for hydroxylation is 1. The molecule has 1 aromatic carbocycles. The summed E-state index contributed by atoms with van der Waals surface area (Å²) in [6.45, 7) is 1.83. The summed E-state index contributed by atoms with van der Waals surface area (Å²) >= 11 is 1.55. The van der Waals surface area contributed by atoms with Gasteiger partial charge in [-0.25, -0.2) is 4.98 Å². The lowest BCUT2D eigenvalue weighted by atomic mass is 10.2. The number of benzene rings is 1. The number of carbonyl (C=O) groups is 1. The summed E-state index contributed by atoms with van der Waals surface area (Å²) < 4.78 is 5.77. The summed E-state index contributed by atoms with van der Waals surface area (Å²) in [6.07, 6.45) is 0.801. The maximum absolute atomic E-state index is 10.6. The maximum atomic E-state index is 10.6. The van der Waals surface area contributed by atoms with Crippen molar-refractivity contribution < 1.29 is 9.53 Å². The van der Waals surface area contributed by atoms with E-state index in [1.165, 1.54) is 0 Å². The smallest absolute Gasteiger partial charge is 0.231 e. The van der Waals surface area contributed by atoms with Gasteiger partial charge >= 0.3 is 0 Å². The van der Waals surface area contributed by atoms with Crippen LogP contribution >= 0.6 is 11.3 Å². The molecule has 2 heterocycles. The third-order valence-electron chi connectivity index (χ3n) is 2.63. The van der Waals surface area contributed by atoms with E-state index in [-0.39, 0.29) is 0 Å². The second-order valence-electron chi connectivity index (χ2n) is 4.00. The lowest BCUT2D eigenvalue weighted by Crippen LogP contribution is -1.93. The van der Waals surface area contributed by atoms with E-state index in [9.17, 15) is 4.79 Å². The zero-order valence-electron chi connectivity index (χ0n) is 10.2. The van der Waals surface area contributed by atoms with E-state index in [0.717, 1.165) is 16.5 Å². The van der Waals surface area contributed by atoms with E-state index >= 15 is 0 Å². The molecule has 0 aliphatic carbocycles. The highest BCUT2D eigenvalue weighted by atomic mass is 32.1.